The van der Waals surface area contributed by atoms with E-state index in [2.05, 4.69) is 10.2 Å². The van der Waals surface area contributed by atoms with Gasteiger partial charge in [-0.1, -0.05) is 24.3 Å². The first kappa shape index (κ1) is 17.0. The Balaban J connectivity index is 2.14. The minimum atomic E-state index is -1.28. The number of azo groups is 1. The zero-order valence-corrected chi connectivity index (χ0v) is 13.6. The number of non-ortho nitro benzene ring substituents is 1. The molecule has 0 bridgehead atoms. The van der Waals surface area contributed by atoms with Gasteiger partial charge in [-0.25, -0.2) is 4.79 Å². The molecular weight excluding hydrogens is 338 g/mol. The van der Waals surface area contributed by atoms with Gasteiger partial charge < -0.3 is 10.2 Å². The minimum Gasteiger partial charge on any atom is -0.505 e. The maximum absolute atomic E-state index is 11.4. The number of hydrogen-bond donors (Lipinski definition) is 2. The van der Waals surface area contributed by atoms with Crippen molar-refractivity contribution in [2.24, 2.45) is 10.2 Å². The lowest BCUT2D eigenvalue weighted by Gasteiger charge is -2.07. The Hall–Kier alpha value is -3.81. The van der Waals surface area contributed by atoms with Crippen LogP contribution in [0.4, 0.5) is 17.1 Å². The third kappa shape index (κ3) is 3.07. The molecule has 26 heavy (non-hydrogen) atoms. The number of aromatic hydroxyl groups is 1. The van der Waals surface area contributed by atoms with Gasteiger partial charge in [0.1, 0.15) is 11.3 Å². The van der Waals surface area contributed by atoms with Crippen LogP contribution in [0.15, 0.2) is 58.8 Å². The van der Waals surface area contributed by atoms with Crippen molar-refractivity contribution in [3.63, 3.8) is 0 Å². The summed E-state index contributed by atoms with van der Waals surface area (Å²) < 4.78 is 0. The summed E-state index contributed by atoms with van der Waals surface area (Å²) in [5, 5.41) is 39.6. The number of rotatable bonds is 4. The number of phenols is 1. The van der Waals surface area contributed by atoms with E-state index in [0.717, 1.165) is 0 Å². The average Bonchev–Trinajstić information content (AvgIpc) is 2.61. The van der Waals surface area contributed by atoms with Crippen molar-refractivity contribution in [3.05, 3.63) is 69.8 Å². The molecular formula is C18H13N3O5. The molecule has 3 aromatic carbocycles. The van der Waals surface area contributed by atoms with Gasteiger partial charge >= 0.3 is 5.97 Å². The lowest BCUT2D eigenvalue weighted by Crippen LogP contribution is -1.97. The fraction of sp³-hybridized carbons (Fsp3) is 0.0556. The number of fused-ring (bicyclic) bond motifs is 1. The van der Waals surface area contributed by atoms with Crippen LogP contribution in [0.3, 0.4) is 0 Å². The lowest BCUT2D eigenvalue weighted by atomic mass is 10.0. The third-order valence-corrected chi connectivity index (χ3v) is 3.87. The number of benzene rings is 3. The van der Waals surface area contributed by atoms with Gasteiger partial charge in [-0.2, -0.15) is 5.11 Å². The van der Waals surface area contributed by atoms with Crippen LogP contribution in [0.5, 0.6) is 5.75 Å². The van der Waals surface area contributed by atoms with Crippen molar-refractivity contribution in [1.29, 1.82) is 0 Å². The summed E-state index contributed by atoms with van der Waals surface area (Å²) in [6.07, 6.45) is 0. The van der Waals surface area contributed by atoms with E-state index in [9.17, 15) is 25.1 Å². The molecule has 0 atom stereocenters. The molecule has 8 heteroatoms. The van der Waals surface area contributed by atoms with Crippen molar-refractivity contribution in [2.45, 2.75) is 6.92 Å². The molecule has 0 saturated carbocycles. The highest BCUT2D eigenvalue weighted by molar-refractivity contribution is 6.04. The second kappa shape index (κ2) is 6.60. The first-order valence-corrected chi connectivity index (χ1v) is 7.53. The average molecular weight is 351 g/mol. The fourth-order valence-corrected chi connectivity index (χ4v) is 2.55. The maximum Gasteiger partial charge on any atom is 0.339 e. The van der Waals surface area contributed by atoms with Crippen molar-refractivity contribution in [1.82, 2.24) is 0 Å². The second-order valence-corrected chi connectivity index (χ2v) is 5.58. The summed E-state index contributed by atoms with van der Waals surface area (Å²) in [6, 6.07) is 12.3. The van der Waals surface area contributed by atoms with Crippen molar-refractivity contribution < 1.29 is 19.9 Å². The Labute approximate surface area is 147 Å². The van der Waals surface area contributed by atoms with Crippen LogP contribution in [0.2, 0.25) is 0 Å². The predicted molar refractivity (Wildman–Crippen MR) is 94.6 cm³/mol. The Morgan fingerprint density at radius 3 is 2.50 bits per heavy atom. The summed E-state index contributed by atoms with van der Waals surface area (Å²) in [4.78, 5) is 21.6. The van der Waals surface area contributed by atoms with Gasteiger partial charge in [0.2, 0.25) is 0 Å². The molecule has 0 saturated heterocycles. The number of carboxylic acid groups (broad SMARTS) is 1. The Morgan fingerprint density at radius 2 is 1.85 bits per heavy atom. The molecule has 2 N–H and O–H groups in total. The van der Waals surface area contributed by atoms with Gasteiger partial charge in [0.25, 0.3) is 5.69 Å². The van der Waals surface area contributed by atoms with E-state index in [1.807, 2.05) is 0 Å². The molecule has 0 aliphatic carbocycles. The van der Waals surface area contributed by atoms with Crippen LogP contribution in [0.25, 0.3) is 10.8 Å². The van der Waals surface area contributed by atoms with E-state index in [4.69, 9.17) is 0 Å². The first-order chi connectivity index (χ1) is 12.4. The fourth-order valence-electron chi connectivity index (χ4n) is 2.55. The number of aromatic carboxylic acids is 1. The van der Waals surface area contributed by atoms with Gasteiger partial charge in [0, 0.05) is 17.5 Å². The highest BCUT2D eigenvalue weighted by Gasteiger charge is 2.17. The van der Waals surface area contributed by atoms with Gasteiger partial charge in [-0.15, -0.1) is 5.11 Å². The number of nitro benzene ring substituents is 1. The SMILES string of the molecule is Cc1cc([N+](=O)[O-])ccc1N=Nc1c(O)c(C(=O)O)cc2ccccc12. The molecule has 0 spiro atoms. The molecule has 0 heterocycles. The van der Waals surface area contributed by atoms with Gasteiger partial charge in [-0.3, -0.25) is 10.1 Å². The van der Waals surface area contributed by atoms with Crippen LogP contribution in [-0.4, -0.2) is 21.1 Å². The molecule has 8 nitrogen and oxygen atoms in total. The van der Waals surface area contributed by atoms with E-state index < -0.39 is 16.6 Å². The Kier molecular flexibility index (Phi) is 4.32. The Bertz CT molecular complexity index is 1080. The summed E-state index contributed by atoms with van der Waals surface area (Å²) in [5.74, 6) is -1.77. The molecule has 0 aromatic heterocycles. The standard InChI is InChI=1S/C18H13N3O5/c1-10-8-12(21(25)26)6-7-15(10)19-20-16-13-5-3-2-4-11(13)9-14(17(16)22)18(23)24/h2-9,22H,1H3,(H,23,24). The van der Waals surface area contributed by atoms with Gasteiger partial charge in [-0.05, 0) is 30.0 Å². The van der Waals surface area contributed by atoms with Crippen LogP contribution < -0.4 is 0 Å². The second-order valence-electron chi connectivity index (χ2n) is 5.58. The Morgan fingerprint density at radius 1 is 1.12 bits per heavy atom. The monoisotopic (exact) mass is 351 g/mol. The number of nitro groups is 1. The maximum atomic E-state index is 11.4. The molecule has 0 radical (unpaired) electrons. The predicted octanol–water partition coefficient (Wildman–Crippen LogP) is 4.88. The van der Waals surface area contributed by atoms with E-state index in [-0.39, 0.29) is 16.9 Å². The summed E-state index contributed by atoms with van der Waals surface area (Å²) in [5.41, 5.74) is 0.583. The highest BCUT2D eigenvalue weighted by atomic mass is 16.6. The molecule has 0 aliphatic rings. The van der Waals surface area contributed by atoms with Crippen LogP contribution in [0, 0.1) is 17.0 Å². The van der Waals surface area contributed by atoms with E-state index >= 15 is 0 Å². The molecule has 130 valence electrons. The van der Waals surface area contributed by atoms with E-state index in [1.165, 1.54) is 24.3 Å². The lowest BCUT2D eigenvalue weighted by molar-refractivity contribution is -0.384. The minimum absolute atomic E-state index is 0.0262. The topological polar surface area (TPSA) is 125 Å². The van der Waals surface area contributed by atoms with E-state index in [0.29, 0.717) is 22.0 Å². The highest BCUT2D eigenvalue weighted by Crippen LogP contribution is 2.39. The molecule has 0 aliphatic heterocycles. The van der Waals surface area contributed by atoms with Crippen LogP contribution >= 0.6 is 0 Å². The number of hydrogen-bond acceptors (Lipinski definition) is 6. The smallest absolute Gasteiger partial charge is 0.339 e. The zero-order chi connectivity index (χ0) is 18.8. The van der Waals surface area contributed by atoms with Gasteiger partial charge in [0.15, 0.2) is 5.75 Å². The van der Waals surface area contributed by atoms with Crippen molar-refractivity contribution >= 4 is 33.8 Å². The summed E-state index contributed by atoms with van der Waals surface area (Å²) in [7, 11) is 0. The molecule has 0 amide bonds. The van der Waals surface area contributed by atoms with Gasteiger partial charge in [0.05, 0.1) is 10.6 Å². The van der Waals surface area contributed by atoms with E-state index in [1.54, 1.807) is 31.2 Å². The number of carbonyl (C=O) groups is 1. The van der Waals surface area contributed by atoms with Crippen molar-refractivity contribution in [2.75, 3.05) is 0 Å². The third-order valence-electron chi connectivity index (χ3n) is 3.87. The first-order valence-electron chi connectivity index (χ1n) is 7.53. The number of aryl methyl sites for hydroxylation is 1. The van der Waals surface area contributed by atoms with Crippen molar-refractivity contribution in [3.8, 4) is 5.75 Å². The van der Waals surface area contributed by atoms with Crippen LogP contribution in [-0.2, 0) is 0 Å². The molecule has 0 fully saturated rings. The molecule has 0 unspecified atom stereocenters. The summed E-state index contributed by atoms with van der Waals surface area (Å²) in [6.45, 7) is 1.65. The molecule has 3 rings (SSSR count). The summed E-state index contributed by atoms with van der Waals surface area (Å²) >= 11 is 0. The van der Waals surface area contributed by atoms with Crippen LogP contribution in [0.1, 0.15) is 15.9 Å². The largest absolute Gasteiger partial charge is 0.505 e. The zero-order valence-electron chi connectivity index (χ0n) is 13.6. The number of carboxylic acids is 1. The normalized spacial score (nSPS) is 11.1. The number of nitrogens with zero attached hydrogens (tertiary/aromatic N) is 3. The molecule has 3 aromatic rings. The quantitative estimate of drug-likeness (QED) is 0.394.